The molecule has 4 atom stereocenters. The Morgan fingerprint density at radius 2 is 1.56 bits per heavy atom. The minimum absolute atomic E-state index is 0.0626. The minimum Gasteiger partial charge on any atom is -0.495 e. The number of piperidine rings is 2. The van der Waals surface area contributed by atoms with Gasteiger partial charge in [0.1, 0.15) is 10.6 Å². The molecule has 32 heavy (non-hydrogen) atoms. The van der Waals surface area contributed by atoms with Crippen molar-refractivity contribution < 1.29 is 17.9 Å². The highest BCUT2D eigenvalue weighted by molar-refractivity contribution is 7.89. The third kappa shape index (κ3) is 6.02. The van der Waals surface area contributed by atoms with Gasteiger partial charge >= 0.3 is 0 Å². The molecule has 2 fully saturated rings. The monoisotopic (exact) mass is 465 g/mol. The van der Waals surface area contributed by atoms with E-state index in [1.807, 2.05) is 0 Å². The van der Waals surface area contributed by atoms with Crippen molar-refractivity contribution in [3.63, 3.8) is 0 Å². The molecule has 1 aromatic carbocycles. The van der Waals surface area contributed by atoms with Crippen molar-refractivity contribution in [2.75, 3.05) is 46.4 Å². The number of rotatable bonds is 7. The summed E-state index contributed by atoms with van der Waals surface area (Å²) in [5, 5.41) is 2.96. The number of benzene rings is 1. The number of nitrogens with zero attached hydrogens (tertiary/aromatic N) is 2. The zero-order chi connectivity index (χ0) is 23.5. The first-order valence-electron chi connectivity index (χ1n) is 11.8. The van der Waals surface area contributed by atoms with E-state index in [4.69, 9.17) is 4.74 Å². The van der Waals surface area contributed by atoms with Crippen LogP contribution in [0.3, 0.4) is 0 Å². The fraction of sp³-hybridized carbons (Fsp3) is 0.708. The number of hydrogen-bond donors (Lipinski definition) is 1. The second-order valence-corrected chi connectivity index (χ2v) is 12.0. The summed E-state index contributed by atoms with van der Waals surface area (Å²) in [5.41, 5.74) is 0.336. The van der Waals surface area contributed by atoms with Crippen LogP contribution in [-0.2, 0) is 10.0 Å². The first-order valence-corrected chi connectivity index (χ1v) is 13.2. The van der Waals surface area contributed by atoms with Crippen molar-refractivity contribution >= 4 is 15.9 Å². The Hall–Kier alpha value is -1.64. The molecule has 180 valence electrons. The fourth-order valence-electron chi connectivity index (χ4n) is 5.36. The van der Waals surface area contributed by atoms with E-state index in [2.05, 4.69) is 37.9 Å². The van der Waals surface area contributed by atoms with E-state index in [1.165, 1.54) is 23.9 Å². The molecule has 2 heterocycles. The molecule has 2 aliphatic heterocycles. The van der Waals surface area contributed by atoms with E-state index in [-0.39, 0.29) is 16.6 Å². The van der Waals surface area contributed by atoms with Crippen LogP contribution in [-0.4, -0.2) is 69.9 Å². The number of hydrogen-bond acceptors (Lipinski definition) is 5. The highest BCUT2D eigenvalue weighted by Crippen LogP contribution is 2.32. The third-order valence-corrected chi connectivity index (χ3v) is 8.39. The lowest BCUT2D eigenvalue weighted by Crippen LogP contribution is -2.43. The van der Waals surface area contributed by atoms with Gasteiger partial charge in [-0.15, -0.1) is 0 Å². The highest BCUT2D eigenvalue weighted by Gasteiger charge is 2.34. The molecular formula is C24H39N3O4S. The lowest BCUT2D eigenvalue weighted by atomic mass is 9.92. The largest absolute Gasteiger partial charge is 0.495 e. The number of amides is 1. The van der Waals surface area contributed by atoms with Gasteiger partial charge in [0.15, 0.2) is 0 Å². The lowest BCUT2D eigenvalue weighted by Gasteiger charge is -2.35. The topological polar surface area (TPSA) is 79.0 Å². The van der Waals surface area contributed by atoms with Gasteiger partial charge in [0.05, 0.1) is 7.11 Å². The van der Waals surface area contributed by atoms with Gasteiger partial charge in [-0.3, -0.25) is 4.79 Å². The number of likely N-dealkylation sites (tertiary alicyclic amines) is 1. The molecule has 0 spiro atoms. The summed E-state index contributed by atoms with van der Waals surface area (Å²) in [6.45, 7) is 13.1. The standard InChI is InChI=1S/C24H39N3O4S/c1-17-10-18(2)14-26(13-17)9-8-25-24(28)21-6-7-22(31-5)23(12-21)32(29,30)27-15-19(3)11-20(4)16-27/h6-7,12,17-20H,8-11,13-16H2,1-5H3,(H,25,28). The average Bonchev–Trinajstić information content (AvgIpc) is 2.71. The van der Waals surface area contributed by atoms with Crippen LogP contribution >= 0.6 is 0 Å². The molecule has 0 aliphatic carbocycles. The summed E-state index contributed by atoms with van der Waals surface area (Å²) in [6, 6.07) is 4.66. The normalized spacial score (nSPS) is 27.8. The Bertz CT molecular complexity index is 885. The van der Waals surface area contributed by atoms with E-state index < -0.39 is 10.0 Å². The molecule has 2 saturated heterocycles. The first-order chi connectivity index (χ1) is 15.1. The summed E-state index contributed by atoms with van der Waals surface area (Å²) in [7, 11) is -2.30. The van der Waals surface area contributed by atoms with Gasteiger partial charge < -0.3 is 15.0 Å². The van der Waals surface area contributed by atoms with Gasteiger partial charge in [0, 0.05) is 44.8 Å². The molecular weight excluding hydrogens is 426 g/mol. The number of ether oxygens (including phenoxy) is 1. The Balaban J connectivity index is 1.70. The predicted octanol–water partition coefficient (Wildman–Crippen LogP) is 3.07. The minimum atomic E-state index is -3.76. The van der Waals surface area contributed by atoms with Crippen LogP contribution in [0.5, 0.6) is 5.75 Å². The van der Waals surface area contributed by atoms with Gasteiger partial charge in [-0.1, -0.05) is 27.7 Å². The summed E-state index contributed by atoms with van der Waals surface area (Å²) >= 11 is 0. The van der Waals surface area contributed by atoms with Crippen molar-refractivity contribution in [3.05, 3.63) is 23.8 Å². The van der Waals surface area contributed by atoms with Gasteiger partial charge in [0.25, 0.3) is 5.91 Å². The molecule has 1 aromatic rings. The van der Waals surface area contributed by atoms with E-state index in [9.17, 15) is 13.2 Å². The third-order valence-electron chi connectivity index (χ3n) is 6.54. The van der Waals surface area contributed by atoms with Gasteiger partial charge in [0.2, 0.25) is 10.0 Å². The molecule has 1 amide bonds. The van der Waals surface area contributed by atoms with Crippen molar-refractivity contribution in [1.82, 2.24) is 14.5 Å². The van der Waals surface area contributed by atoms with Crippen molar-refractivity contribution in [2.45, 2.75) is 45.4 Å². The molecule has 2 aliphatic rings. The lowest BCUT2D eigenvalue weighted by molar-refractivity contribution is 0.0936. The average molecular weight is 466 g/mol. The Morgan fingerprint density at radius 1 is 1.00 bits per heavy atom. The Morgan fingerprint density at radius 3 is 2.12 bits per heavy atom. The summed E-state index contributed by atoms with van der Waals surface area (Å²) in [4.78, 5) is 15.2. The second kappa shape index (κ2) is 10.5. The van der Waals surface area contributed by atoms with Crippen LogP contribution in [0.1, 0.15) is 50.9 Å². The zero-order valence-electron chi connectivity index (χ0n) is 20.1. The smallest absolute Gasteiger partial charge is 0.251 e. The maximum absolute atomic E-state index is 13.4. The van der Waals surface area contributed by atoms with E-state index in [0.29, 0.717) is 48.9 Å². The Labute approximate surface area is 193 Å². The molecule has 4 unspecified atom stereocenters. The molecule has 3 rings (SSSR count). The Kier molecular flexibility index (Phi) is 8.22. The number of nitrogens with one attached hydrogen (secondary N) is 1. The maximum Gasteiger partial charge on any atom is 0.251 e. The quantitative estimate of drug-likeness (QED) is 0.670. The van der Waals surface area contributed by atoms with Gasteiger partial charge in [-0.2, -0.15) is 4.31 Å². The summed E-state index contributed by atoms with van der Waals surface area (Å²) in [5.74, 6) is 1.94. The van der Waals surface area contributed by atoms with Crippen molar-refractivity contribution in [2.24, 2.45) is 23.7 Å². The fourth-order valence-corrected chi connectivity index (χ4v) is 7.23. The molecule has 7 nitrogen and oxygen atoms in total. The number of sulfonamides is 1. The summed E-state index contributed by atoms with van der Waals surface area (Å²) in [6.07, 6.45) is 2.26. The first kappa shape index (κ1) is 25.0. The highest BCUT2D eigenvalue weighted by atomic mass is 32.2. The van der Waals surface area contributed by atoms with Crippen molar-refractivity contribution in [1.29, 1.82) is 0 Å². The van der Waals surface area contributed by atoms with Gasteiger partial charge in [-0.25, -0.2) is 8.42 Å². The van der Waals surface area contributed by atoms with Crippen molar-refractivity contribution in [3.8, 4) is 5.75 Å². The zero-order valence-corrected chi connectivity index (χ0v) is 21.0. The van der Waals surface area contributed by atoms with Crippen LogP contribution in [0, 0.1) is 23.7 Å². The van der Waals surface area contributed by atoms with Crippen LogP contribution in [0.15, 0.2) is 23.1 Å². The summed E-state index contributed by atoms with van der Waals surface area (Å²) < 4.78 is 33.7. The molecule has 0 saturated carbocycles. The molecule has 0 aromatic heterocycles. The van der Waals surface area contributed by atoms with Crippen LogP contribution < -0.4 is 10.1 Å². The van der Waals surface area contributed by atoms with Crippen LogP contribution in [0.2, 0.25) is 0 Å². The number of methoxy groups -OCH3 is 1. The van der Waals surface area contributed by atoms with E-state index in [0.717, 1.165) is 26.1 Å². The number of carbonyl (C=O) groups is 1. The molecule has 0 bridgehead atoms. The number of carbonyl (C=O) groups excluding carboxylic acids is 1. The molecule has 8 heteroatoms. The van der Waals surface area contributed by atoms with Crippen LogP contribution in [0.4, 0.5) is 0 Å². The van der Waals surface area contributed by atoms with E-state index in [1.54, 1.807) is 12.1 Å². The van der Waals surface area contributed by atoms with Gasteiger partial charge in [-0.05, 0) is 54.7 Å². The van der Waals surface area contributed by atoms with Crippen LogP contribution in [0.25, 0.3) is 0 Å². The maximum atomic E-state index is 13.4. The van der Waals surface area contributed by atoms with E-state index >= 15 is 0 Å². The molecule has 1 N–H and O–H groups in total. The SMILES string of the molecule is COc1ccc(C(=O)NCCN2CC(C)CC(C)C2)cc1S(=O)(=O)N1CC(C)CC(C)C1. The molecule has 0 radical (unpaired) electrons. The second-order valence-electron chi connectivity index (χ2n) is 10.1. The predicted molar refractivity (Wildman–Crippen MR) is 126 cm³/mol.